The maximum absolute atomic E-state index is 13.8. The van der Waals surface area contributed by atoms with E-state index in [0.717, 1.165) is 10.5 Å². The maximum atomic E-state index is 13.8. The number of amides is 3. The van der Waals surface area contributed by atoms with Crippen molar-refractivity contribution in [1.82, 2.24) is 4.90 Å². The number of benzene rings is 2. The summed E-state index contributed by atoms with van der Waals surface area (Å²) in [5.41, 5.74) is -0.239. The van der Waals surface area contributed by atoms with E-state index >= 15 is 0 Å². The first-order chi connectivity index (χ1) is 14.6. The van der Waals surface area contributed by atoms with Gasteiger partial charge in [0, 0.05) is 30.6 Å². The first kappa shape index (κ1) is 20.9. The van der Waals surface area contributed by atoms with Crippen molar-refractivity contribution >= 4 is 23.6 Å². The molecular weight excluding hydrogens is 396 g/mol. The van der Waals surface area contributed by atoms with Crippen LogP contribution in [0.2, 0.25) is 0 Å². The molecule has 4 rings (SSSR count). The van der Waals surface area contributed by atoms with Gasteiger partial charge in [-0.3, -0.25) is 9.59 Å². The molecule has 2 atom stereocenters. The summed E-state index contributed by atoms with van der Waals surface area (Å²) < 4.78 is 10.8. The van der Waals surface area contributed by atoms with E-state index in [0.29, 0.717) is 17.0 Å². The topological polar surface area (TPSA) is 76.1 Å². The Hall–Kier alpha value is -3.35. The average molecular weight is 422 g/mol. The van der Waals surface area contributed by atoms with Crippen molar-refractivity contribution in [2.45, 2.75) is 44.2 Å². The third-order valence-corrected chi connectivity index (χ3v) is 5.89. The van der Waals surface area contributed by atoms with Crippen LogP contribution in [0.15, 0.2) is 48.5 Å². The molecule has 0 radical (unpaired) electrons. The Morgan fingerprint density at radius 1 is 1.06 bits per heavy atom. The highest BCUT2D eigenvalue weighted by Crippen LogP contribution is 2.57. The Bertz CT molecular complexity index is 1060. The largest absolute Gasteiger partial charge is 0.497 e. The number of methoxy groups -OCH3 is 1. The van der Waals surface area contributed by atoms with Gasteiger partial charge in [-0.1, -0.05) is 30.3 Å². The van der Waals surface area contributed by atoms with Crippen LogP contribution >= 0.6 is 0 Å². The number of fused-ring (bicyclic) bond motifs is 2. The Labute approximate surface area is 181 Å². The number of nitrogens with zero attached hydrogens (tertiary/aromatic N) is 2. The molecule has 7 nitrogen and oxygen atoms in total. The first-order valence-corrected chi connectivity index (χ1v) is 10.2. The standard InChI is InChI=1S/C24H26N2O5/c1-23(2,3)31-22(29)26-20(27)14-18(15-10-12-16(30-5)13-11-15)24(26)17-8-6-7-9-19(17)25(4)21(24)28/h6-13,18H,14H2,1-5H3/t18-,24-/m1/s1. The van der Waals surface area contributed by atoms with Crippen molar-refractivity contribution in [2.75, 3.05) is 19.1 Å². The second-order valence-electron chi connectivity index (χ2n) is 8.89. The van der Waals surface area contributed by atoms with Crippen LogP contribution < -0.4 is 9.64 Å². The minimum atomic E-state index is -1.50. The molecule has 2 aliphatic heterocycles. The van der Waals surface area contributed by atoms with Crippen LogP contribution in [0.3, 0.4) is 0 Å². The van der Waals surface area contributed by atoms with Crippen molar-refractivity contribution < 1.29 is 23.9 Å². The predicted octanol–water partition coefficient (Wildman–Crippen LogP) is 3.82. The fourth-order valence-corrected chi connectivity index (χ4v) is 4.64. The number of hydrogen-bond acceptors (Lipinski definition) is 5. The molecule has 3 amide bonds. The lowest BCUT2D eigenvalue weighted by molar-refractivity contribution is -0.138. The normalized spacial score (nSPS) is 22.8. The lowest BCUT2D eigenvalue weighted by Gasteiger charge is -2.37. The number of likely N-dealkylation sites (tertiary alicyclic amines) is 1. The molecule has 0 bridgehead atoms. The van der Waals surface area contributed by atoms with Gasteiger partial charge >= 0.3 is 6.09 Å². The summed E-state index contributed by atoms with van der Waals surface area (Å²) in [6, 6.07) is 14.5. The lowest BCUT2D eigenvalue weighted by atomic mass is 9.76. The number of carbonyl (C=O) groups is 3. The Morgan fingerprint density at radius 2 is 1.71 bits per heavy atom. The summed E-state index contributed by atoms with van der Waals surface area (Å²) in [5.74, 6) is -0.654. The maximum Gasteiger partial charge on any atom is 0.418 e. The van der Waals surface area contributed by atoms with Gasteiger partial charge in [-0.15, -0.1) is 0 Å². The average Bonchev–Trinajstić information content (AvgIpc) is 3.15. The van der Waals surface area contributed by atoms with E-state index in [4.69, 9.17) is 9.47 Å². The SMILES string of the molecule is COc1ccc([C@H]2CC(=O)N(C(=O)OC(C)(C)C)[C@@]23C(=O)N(C)c2ccccc23)cc1. The summed E-state index contributed by atoms with van der Waals surface area (Å²) in [4.78, 5) is 42.9. The van der Waals surface area contributed by atoms with Crippen LogP contribution in [0.5, 0.6) is 5.75 Å². The van der Waals surface area contributed by atoms with E-state index in [-0.39, 0.29) is 12.3 Å². The van der Waals surface area contributed by atoms with Gasteiger partial charge in [0.2, 0.25) is 5.91 Å². The second kappa shape index (κ2) is 7.11. The van der Waals surface area contributed by atoms with E-state index < -0.39 is 29.1 Å². The van der Waals surface area contributed by atoms with Crippen LogP contribution in [0, 0.1) is 0 Å². The van der Waals surface area contributed by atoms with Crippen molar-refractivity contribution in [3.05, 3.63) is 59.7 Å². The highest BCUT2D eigenvalue weighted by molar-refractivity contribution is 6.15. The molecule has 0 saturated carbocycles. The molecule has 1 spiro atoms. The predicted molar refractivity (Wildman–Crippen MR) is 115 cm³/mol. The van der Waals surface area contributed by atoms with Gasteiger partial charge in [0.25, 0.3) is 5.91 Å². The zero-order chi connectivity index (χ0) is 22.6. The fourth-order valence-electron chi connectivity index (χ4n) is 4.64. The van der Waals surface area contributed by atoms with Crippen LogP contribution in [0.1, 0.15) is 44.2 Å². The Balaban J connectivity index is 1.94. The number of para-hydroxylation sites is 1. The van der Waals surface area contributed by atoms with Gasteiger partial charge in [-0.25, -0.2) is 9.69 Å². The number of imide groups is 1. The molecule has 0 aliphatic carbocycles. The minimum absolute atomic E-state index is 0.0134. The van der Waals surface area contributed by atoms with Crippen LogP contribution in [0.25, 0.3) is 0 Å². The van der Waals surface area contributed by atoms with Gasteiger partial charge in [0.1, 0.15) is 11.4 Å². The number of hydrogen-bond donors (Lipinski definition) is 0. The molecule has 2 aliphatic rings. The van der Waals surface area contributed by atoms with Crippen molar-refractivity contribution in [3.63, 3.8) is 0 Å². The second-order valence-corrected chi connectivity index (χ2v) is 8.89. The molecule has 1 fully saturated rings. The molecule has 31 heavy (non-hydrogen) atoms. The molecule has 0 aromatic heterocycles. The van der Waals surface area contributed by atoms with Crippen molar-refractivity contribution in [2.24, 2.45) is 0 Å². The van der Waals surface area contributed by atoms with Gasteiger partial charge < -0.3 is 14.4 Å². The van der Waals surface area contributed by atoms with Crippen molar-refractivity contribution in [1.29, 1.82) is 0 Å². The molecule has 162 valence electrons. The third kappa shape index (κ3) is 3.07. The summed E-state index contributed by atoms with van der Waals surface area (Å²) in [7, 11) is 3.24. The first-order valence-electron chi connectivity index (χ1n) is 10.2. The van der Waals surface area contributed by atoms with Crippen LogP contribution in [-0.4, -0.2) is 42.6 Å². The number of likely N-dealkylation sites (N-methyl/N-ethyl adjacent to an activating group) is 1. The highest BCUT2D eigenvalue weighted by atomic mass is 16.6. The molecule has 0 N–H and O–H groups in total. The third-order valence-electron chi connectivity index (χ3n) is 5.89. The number of carbonyl (C=O) groups excluding carboxylic acids is 3. The Morgan fingerprint density at radius 3 is 2.32 bits per heavy atom. The van der Waals surface area contributed by atoms with Crippen LogP contribution in [-0.2, 0) is 19.9 Å². The van der Waals surface area contributed by atoms with Gasteiger partial charge in [-0.2, -0.15) is 0 Å². The lowest BCUT2D eigenvalue weighted by Crippen LogP contribution is -2.55. The van der Waals surface area contributed by atoms with E-state index in [1.807, 2.05) is 36.4 Å². The van der Waals surface area contributed by atoms with E-state index in [2.05, 4.69) is 0 Å². The zero-order valence-corrected chi connectivity index (χ0v) is 18.3. The van der Waals surface area contributed by atoms with E-state index in [9.17, 15) is 14.4 Å². The molecule has 2 aromatic rings. The van der Waals surface area contributed by atoms with Gasteiger partial charge in [0.05, 0.1) is 7.11 Å². The van der Waals surface area contributed by atoms with E-state index in [1.165, 1.54) is 4.90 Å². The van der Waals surface area contributed by atoms with Gasteiger partial charge in [-0.05, 0) is 44.5 Å². The molecule has 2 aromatic carbocycles. The number of ether oxygens (including phenoxy) is 2. The quantitative estimate of drug-likeness (QED) is 0.735. The molecule has 1 saturated heterocycles. The molecule has 0 unspecified atom stereocenters. The smallest absolute Gasteiger partial charge is 0.418 e. The van der Waals surface area contributed by atoms with Crippen LogP contribution in [0.4, 0.5) is 10.5 Å². The molecule has 7 heteroatoms. The zero-order valence-electron chi connectivity index (χ0n) is 18.3. The minimum Gasteiger partial charge on any atom is -0.497 e. The Kier molecular flexibility index (Phi) is 4.80. The summed E-state index contributed by atoms with van der Waals surface area (Å²) in [6.07, 6.45) is -0.800. The van der Waals surface area contributed by atoms with Gasteiger partial charge in [0.15, 0.2) is 5.54 Å². The number of anilines is 1. The number of rotatable bonds is 2. The highest BCUT2D eigenvalue weighted by Gasteiger charge is 2.67. The fraction of sp³-hybridized carbons (Fsp3) is 0.375. The molecule has 2 heterocycles. The monoisotopic (exact) mass is 422 g/mol. The van der Waals surface area contributed by atoms with E-state index in [1.54, 1.807) is 47.1 Å². The summed E-state index contributed by atoms with van der Waals surface area (Å²) >= 11 is 0. The summed E-state index contributed by atoms with van der Waals surface area (Å²) in [5, 5.41) is 0. The molecular formula is C24H26N2O5. The summed E-state index contributed by atoms with van der Waals surface area (Å²) in [6.45, 7) is 5.20. The van der Waals surface area contributed by atoms with Crippen molar-refractivity contribution in [3.8, 4) is 5.75 Å².